The van der Waals surface area contributed by atoms with Gasteiger partial charge in [-0.05, 0) is 68.4 Å². The molecule has 208 valence electrons. The summed E-state index contributed by atoms with van der Waals surface area (Å²) in [6.07, 6.45) is 4.90. The molecule has 2 aromatic carbocycles. The molecule has 3 aliphatic rings. The zero-order valence-electron chi connectivity index (χ0n) is 23.5. The fourth-order valence-corrected chi connectivity index (χ4v) is 7.49. The molecule has 3 heterocycles. The molecular formula is C32H36N4O3S. The second-order valence-corrected chi connectivity index (χ2v) is 13.2. The number of ether oxygens (including phenoxy) is 1. The van der Waals surface area contributed by atoms with E-state index in [1.54, 1.807) is 6.08 Å². The minimum atomic E-state index is -3.84. The zero-order chi connectivity index (χ0) is 28.0. The first kappa shape index (κ1) is 26.7. The van der Waals surface area contributed by atoms with Crippen LogP contribution in [-0.4, -0.2) is 48.5 Å². The van der Waals surface area contributed by atoms with Crippen LogP contribution in [0.2, 0.25) is 0 Å². The topological polar surface area (TPSA) is 84.4 Å². The third-order valence-corrected chi connectivity index (χ3v) is 9.90. The number of rotatable bonds is 4. The maximum Gasteiger partial charge on any atom is 0.264 e. The summed E-state index contributed by atoms with van der Waals surface area (Å²) in [6, 6.07) is 18.7. The Bertz CT molecular complexity index is 1580. The molecule has 8 heteroatoms. The Morgan fingerprint density at radius 1 is 1.00 bits per heavy atom. The average molecular weight is 557 g/mol. The molecule has 7 nitrogen and oxygen atoms in total. The predicted molar refractivity (Wildman–Crippen MR) is 159 cm³/mol. The van der Waals surface area contributed by atoms with Gasteiger partial charge in [0.05, 0.1) is 10.6 Å². The van der Waals surface area contributed by atoms with Crippen LogP contribution < -0.4 is 9.46 Å². The maximum absolute atomic E-state index is 13.5. The summed E-state index contributed by atoms with van der Waals surface area (Å²) in [4.78, 5) is 12.1. The summed E-state index contributed by atoms with van der Waals surface area (Å²) in [5, 5.41) is 0. The van der Waals surface area contributed by atoms with Crippen LogP contribution in [0.3, 0.4) is 0 Å². The van der Waals surface area contributed by atoms with Gasteiger partial charge in [0.1, 0.15) is 6.10 Å². The normalized spacial score (nSPS) is 23.8. The van der Waals surface area contributed by atoms with Crippen molar-refractivity contribution in [3.05, 3.63) is 93.9 Å². The molecule has 3 aromatic rings. The van der Waals surface area contributed by atoms with E-state index in [1.807, 2.05) is 50.3 Å². The van der Waals surface area contributed by atoms with Gasteiger partial charge in [-0.25, -0.2) is 18.1 Å². The summed E-state index contributed by atoms with van der Waals surface area (Å²) in [6.45, 7) is 10.3. The van der Waals surface area contributed by atoms with Gasteiger partial charge >= 0.3 is 0 Å². The van der Waals surface area contributed by atoms with Crippen LogP contribution in [-0.2, 0) is 16.4 Å². The largest absolute Gasteiger partial charge is 0.474 e. The van der Waals surface area contributed by atoms with E-state index < -0.39 is 10.0 Å². The molecule has 1 fully saturated rings. The van der Waals surface area contributed by atoms with Crippen molar-refractivity contribution in [2.75, 3.05) is 17.8 Å². The van der Waals surface area contributed by atoms with Crippen molar-refractivity contribution in [2.45, 2.75) is 52.7 Å². The number of fused-ring (bicyclic) bond motifs is 4. The van der Waals surface area contributed by atoms with Gasteiger partial charge in [0.2, 0.25) is 11.8 Å². The second-order valence-electron chi connectivity index (χ2n) is 11.5. The second kappa shape index (κ2) is 10.5. The third kappa shape index (κ3) is 5.18. The third-order valence-electron chi connectivity index (χ3n) is 8.47. The summed E-state index contributed by atoms with van der Waals surface area (Å²) >= 11 is 0. The molecule has 1 aromatic heterocycles. The standard InChI is InChI=1S/C32H36N4O3S/c1-20(2)36-18-25-16-24-13-14-29(24)40(37,38)35-32-33-27(31-21(3)9-8-10-22(31)4)17-30(34-32)39-28(26(25)19-36)15-23-11-6-5-7-12-23/h5-14,17,20,25-26,28H,15-16,18-19H2,1-4H3,(H,33,34,35). The van der Waals surface area contributed by atoms with Crippen LogP contribution in [0.1, 0.15) is 37.0 Å². The molecule has 1 N–H and O–H groups in total. The SMILES string of the molecule is Cc1cccc(C)c1-c1cc2nc(n1)NS(=O)(=O)C1=CC=C1CC1CN(C(C)C)CC1C(Cc1ccccc1)O2. The van der Waals surface area contributed by atoms with E-state index >= 15 is 0 Å². The molecule has 0 spiro atoms. The van der Waals surface area contributed by atoms with Crippen molar-refractivity contribution >= 4 is 16.0 Å². The predicted octanol–water partition coefficient (Wildman–Crippen LogP) is 5.68. The molecule has 2 aliphatic heterocycles. The lowest BCUT2D eigenvalue weighted by molar-refractivity contribution is 0.108. The lowest BCUT2D eigenvalue weighted by Crippen LogP contribution is -2.36. The molecule has 6 rings (SSSR count). The van der Waals surface area contributed by atoms with E-state index in [1.165, 1.54) is 5.56 Å². The monoisotopic (exact) mass is 556 g/mol. The minimum absolute atomic E-state index is 0.0214. The Hall–Kier alpha value is -3.49. The summed E-state index contributed by atoms with van der Waals surface area (Å²) in [5.74, 6) is 0.850. The maximum atomic E-state index is 13.5. The van der Waals surface area contributed by atoms with Gasteiger partial charge in [0.25, 0.3) is 10.0 Å². The lowest BCUT2D eigenvalue weighted by Gasteiger charge is -2.31. The highest BCUT2D eigenvalue weighted by Gasteiger charge is 2.42. The highest BCUT2D eigenvalue weighted by molar-refractivity contribution is 7.96. The van der Waals surface area contributed by atoms with E-state index in [9.17, 15) is 8.42 Å². The van der Waals surface area contributed by atoms with Gasteiger partial charge in [-0.2, -0.15) is 4.98 Å². The number of allylic oxidation sites excluding steroid dienone is 3. The number of likely N-dealkylation sites (tertiary alicyclic amines) is 1. The number of benzene rings is 2. The van der Waals surface area contributed by atoms with E-state index in [4.69, 9.17) is 4.74 Å². The highest BCUT2D eigenvalue weighted by Crippen LogP contribution is 2.41. The van der Waals surface area contributed by atoms with E-state index in [-0.39, 0.29) is 23.9 Å². The lowest BCUT2D eigenvalue weighted by atomic mass is 9.82. The van der Waals surface area contributed by atoms with Crippen LogP contribution in [0.25, 0.3) is 11.3 Å². The summed E-state index contributed by atoms with van der Waals surface area (Å²) < 4.78 is 36.4. The average Bonchev–Trinajstić information content (AvgIpc) is 3.30. The Labute approximate surface area is 237 Å². The van der Waals surface area contributed by atoms with Gasteiger partial charge in [0, 0.05) is 43.1 Å². The molecular weight excluding hydrogens is 520 g/mol. The molecule has 0 saturated carbocycles. The molecule has 1 aliphatic carbocycles. The van der Waals surface area contributed by atoms with Gasteiger partial charge in [0.15, 0.2) is 0 Å². The summed E-state index contributed by atoms with van der Waals surface area (Å²) in [7, 11) is -3.84. The van der Waals surface area contributed by atoms with Crippen LogP contribution in [0, 0.1) is 25.7 Å². The van der Waals surface area contributed by atoms with Crippen molar-refractivity contribution < 1.29 is 13.2 Å². The first-order valence-electron chi connectivity index (χ1n) is 14.0. The molecule has 2 bridgehead atoms. The molecule has 0 amide bonds. The Morgan fingerprint density at radius 3 is 2.42 bits per heavy atom. The first-order valence-corrected chi connectivity index (χ1v) is 15.5. The van der Waals surface area contributed by atoms with E-state index in [0.717, 1.165) is 41.8 Å². The van der Waals surface area contributed by atoms with Crippen LogP contribution in [0.5, 0.6) is 5.88 Å². The van der Waals surface area contributed by atoms with E-state index in [0.29, 0.717) is 28.9 Å². The van der Waals surface area contributed by atoms with Crippen molar-refractivity contribution in [1.82, 2.24) is 14.9 Å². The molecule has 0 radical (unpaired) electrons. The Kier molecular flexibility index (Phi) is 7.00. The number of hydrogen-bond acceptors (Lipinski definition) is 6. The van der Waals surface area contributed by atoms with E-state index in [2.05, 4.69) is 57.7 Å². The number of hydrogen-bond donors (Lipinski definition) is 1. The fourth-order valence-electron chi connectivity index (χ4n) is 6.31. The van der Waals surface area contributed by atoms with Crippen molar-refractivity contribution in [3.8, 4) is 17.1 Å². The van der Waals surface area contributed by atoms with Crippen molar-refractivity contribution in [1.29, 1.82) is 0 Å². The van der Waals surface area contributed by atoms with Crippen LogP contribution in [0.15, 0.2) is 77.2 Å². The zero-order valence-corrected chi connectivity index (χ0v) is 24.3. The number of anilines is 1. The number of nitrogens with one attached hydrogen (secondary N) is 1. The van der Waals surface area contributed by atoms with Crippen LogP contribution >= 0.6 is 0 Å². The molecule has 3 unspecified atom stereocenters. The highest BCUT2D eigenvalue weighted by atomic mass is 32.2. The van der Waals surface area contributed by atoms with Crippen LogP contribution in [0.4, 0.5) is 5.95 Å². The summed E-state index contributed by atoms with van der Waals surface area (Å²) in [5.41, 5.74) is 5.76. The van der Waals surface area contributed by atoms with Gasteiger partial charge in [-0.3, -0.25) is 0 Å². The smallest absolute Gasteiger partial charge is 0.264 e. The Morgan fingerprint density at radius 2 is 1.75 bits per heavy atom. The minimum Gasteiger partial charge on any atom is -0.474 e. The quantitative estimate of drug-likeness (QED) is 0.445. The molecule has 40 heavy (non-hydrogen) atoms. The molecule has 3 atom stereocenters. The van der Waals surface area contributed by atoms with Gasteiger partial charge in [-0.15, -0.1) is 0 Å². The number of aromatic nitrogens is 2. The number of sulfonamides is 1. The molecule has 1 saturated heterocycles. The Balaban J connectivity index is 1.49. The van der Waals surface area contributed by atoms with Crippen molar-refractivity contribution in [3.63, 3.8) is 0 Å². The van der Waals surface area contributed by atoms with Crippen molar-refractivity contribution in [2.24, 2.45) is 11.8 Å². The number of aryl methyl sites for hydroxylation is 2. The van der Waals surface area contributed by atoms with Gasteiger partial charge < -0.3 is 9.64 Å². The first-order chi connectivity index (χ1) is 19.2. The van der Waals surface area contributed by atoms with Gasteiger partial charge in [-0.1, -0.05) is 54.6 Å². The fraction of sp³-hybridized carbons (Fsp3) is 0.375. The number of nitrogens with zero attached hydrogens (tertiary/aromatic N) is 3.